The number of hydrogen-bond donors (Lipinski definition) is 2. The van der Waals surface area contributed by atoms with Gasteiger partial charge in [-0.05, 0) is 19.9 Å². The molecule has 0 aliphatic carbocycles. The molecule has 21 heavy (non-hydrogen) atoms. The zero-order valence-corrected chi connectivity index (χ0v) is 13.7. The summed E-state index contributed by atoms with van der Waals surface area (Å²) in [5, 5.41) is 10.4. The van der Waals surface area contributed by atoms with E-state index in [1.165, 1.54) is 0 Å². The Morgan fingerprint density at radius 2 is 2.05 bits per heavy atom. The molecule has 2 N–H and O–H groups in total. The molecular formula is C15H21ClN4O. The molecular weight excluding hydrogens is 288 g/mol. The molecule has 0 aromatic carbocycles. The first-order valence-electron chi connectivity index (χ1n) is 6.93. The van der Waals surface area contributed by atoms with Crippen LogP contribution in [0.2, 0.25) is 5.02 Å². The van der Waals surface area contributed by atoms with Gasteiger partial charge in [0.1, 0.15) is 5.69 Å². The van der Waals surface area contributed by atoms with Gasteiger partial charge >= 0.3 is 0 Å². The van der Waals surface area contributed by atoms with Gasteiger partial charge in [-0.1, -0.05) is 32.4 Å². The Kier molecular flexibility index (Phi) is 4.14. The van der Waals surface area contributed by atoms with Gasteiger partial charge in [0.15, 0.2) is 5.82 Å². The molecule has 2 aromatic heterocycles. The Labute approximate surface area is 129 Å². The molecule has 0 fully saturated rings. The van der Waals surface area contributed by atoms with E-state index in [1.54, 1.807) is 12.3 Å². The van der Waals surface area contributed by atoms with Gasteiger partial charge in [0.25, 0.3) is 5.91 Å². The fourth-order valence-corrected chi connectivity index (χ4v) is 2.21. The maximum Gasteiger partial charge on any atom is 0.273 e. The van der Waals surface area contributed by atoms with Gasteiger partial charge < -0.3 is 9.88 Å². The van der Waals surface area contributed by atoms with Crippen LogP contribution >= 0.6 is 11.6 Å². The summed E-state index contributed by atoms with van der Waals surface area (Å²) in [7, 11) is 0. The summed E-state index contributed by atoms with van der Waals surface area (Å²) >= 11 is 6.00. The van der Waals surface area contributed by atoms with Gasteiger partial charge in [-0.3, -0.25) is 9.89 Å². The molecule has 2 heterocycles. The summed E-state index contributed by atoms with van der Waals surface area (Å²) in [5.74, 6) is 0.292. The summed E-state index contributed by atoms with van der Waals surface area (Å²) in [4.78, 5) is 12.4. The predicted octanol–water partition coefficient (Wildman–Crippen LogP) is 4.00. The quantitative estimate of drug-likeness (QED) is 0.900. The number of rotatable bonds is 3. The van der Waals surface area contributed by atoms with Crippen molar-refractivity contribution in [3.8, 4) is 0 Å². The highest BCUT2D eigenvalue weighted by Gasteiger charge is 2.19. The largest absolute Gasteiger partial charge is 0.339 e. The van der Waals surface area contributed by atoms with E-state index < -0.39 is 0 Å². The zero-order valence-electron chi connectivity index (χ0n) is 13.0. The third-order valence-electron chi connectivity index (χ3n) is 3.23. The molecule has 0 radical (unpaired) electrons. The van der Waals surface area contributed by atoms with Crippen molar-refractivity contribution in [1.29, 1.82) is 0 Å². The van der Waals surface area contributed by atoms with Crippen molar-refractivity contribution in [3.05, 3.63) is 34.7 Å². The van der Waals surface area contributed by atoms with E-state index in [-0.39, 0.29) is 17.4 Å². The Bertz CT molecular complexity index is 649. The second-order valence-corrected chi connectivity index (χ2v) is 6.85. The second-order valence-electron chi connectivity index (χ2n) is 6.42. The number of H-pyrrole nitrogens is 1. The van der Waals surface area contributed by atoms with E-state index >= 15 is 0 Å². The third-order valence-corrected chi connectivity index (χ3v) is 3.44. The Balaban J connectivity index is 2.21. The van der Waals surface area contributed by atoms with Crippen molar-refractivity contribution in [1.82, 2.24) is 14.8 Å². The van der Waals surface area contributed by atoms with Crippen LogP contribution < -0.4 is 5.32 Å². The lowest BCUT2D eigenvalue weighted by molar-refractivity contribution is 0.101. The van der Waals surface area contributed by atoms with Crippen LogP contribution in [0.3, 0.4) is 0 Å². The molecule has 5 nitrogen and oxygen atoms in total. The standard InChI is InChI=1S/C15H21ClN4O/c1-9(2)20-8-10(16)6-11(20)14(21)17-13-7-12(18-19-13)15(3,4)5/h6-9H,1-5H3,(H2,17,18,19,21). The van der Waals surface area contributed by atoms with E-state index in [0.717, 1.165) is 5.69 Å². The number of hydrogen-bond acceptors (Lipinski definition) is 2. The van der Waals surface area contributed by atoms with Crippen LogP contribution in [-0.2, 0) is 5.41 Å². The van der Waals surface area contributed by atoms with E-state index in [2.05, 4.69) is 36.3 Å². The van der Waals surface area contributed by atoms with Crippen LogP contribution in [0.25, 0.3) is 0 Å². The van der Waals surface area contributed by atoms with Crippen LogP contribution in [0, 0.1) is 0 Å². The molecule has 6 heteroatoms. The van der Waals surface area contributed by atoms with Gasteiger partial charge in [-0.2, -0.15) is 5.10 Å². The summed E-state index contributed by atoms with van der Waals surface area (Å²) in [6, 6.07) is 3.67. The molecule has 0 spiro atoms. The molecule has 2 rings (SSSR count). The van der Waals surface area contributed by atoms with E-state index in [1.807, 2.05) is 24.5 Å². The average Bonchev–Trinajstić information content (AvgIpc) is 2.94. The van der Waals surface area contributed by atoms with Gasteiger partial charge in [0.2, 0.25) is 0 Å². The number of aromatic nitrogens is 3. The summed E-state index contributed by atoms with van der Waals surface area (Å²) in [5.41, 5.74) is 1.45. The summed E-state index contributed by atoms with van der Waals surface area (Å²) < 4.78 is 1.84. The summed E-state index contributed by atoms with van der Waals surface area (Å²) in [6.07, 6.45) is 1.76. The lowest BCUT2D eigenvalue weighted by Gasteiger charge is -2.14. The molecule has 0 unspecified atom stereocenters. The maximum atomic E-state index is 12.4. The zero-order chi connectivity index (χ0) is 15.8. The molecule has 0 saturated carbocycles. The number of amides is 1. The van der Waals surface area contributed by atoms with Gasteiger partial charge in [0.05, 0.1) is 5.02 Å². The number of nitrogens with zero attached hydrogens (tertiary/aromatic N) is 2. The number of nitrogens with one attached hydrogen (secondary N) is 2. The molecule has 0 saturated heterocycles. The predicted molar refractivity (Wildman–Crippen MR) is 85.1 cm³/mol. The smallest absolute Gasteiger partial charge is 0.273 e. The van der Waals surface area contributed by atoms with Crippen molar-refractivity contribution < 1.29 is 4.79 Å². The highest BCUT2D eigenvalue weighted by molar-refractivity contribution is 6.31. The number of halogens is 1. The molecule has 2 aromatic rings. The minimum Gasteiger partial charge on any atom is -0.339 e. The number of anilines is 1. The maximum absolute atomic E-state index is 12.4. The van der Waals surface area contributed by atoms with Crippen molar-refractivity contribution in [3.63, 3.8) is 0 Å². The van der Waals surface area contributed by atoms with Gasteiger partial charge in [-0.25, -0.2) is 0 Å². The van der Waals surface area contributed by atoms with Crippen molar-refractivity contribution in [2.45, 2.75) is 46.1 Å². The fraction of sp³-hybridized carbons (Fsp3) is 0.467. The fourth-order valence-electron chi connectivity index (χ4n) is 2.01. The summed E-state index contributed by atoms with van der Waals surface area (Å²) in [6.45, 7) is 10.2. The molecule has 0 atom stereocenters. The third kappa shape index (κ3) is 3.47. The first-order chi connectivity index (χ1) is 9.68. The van der Waals surface area contributed by atoms with Crippen LogP contribution in [0.1, 0.15) is 56.8 Å². The van der Waals surface area contributed by atoms with E-state index in [0.29, 0.717) is 16.5 Å². The minimum absolute atomic E-state index is 0.0442. The number of carbonyl (C=O) groups excluding carboxylic acids is 1. The molecule has 114 valence electrons. The molecule has 0 bridgehead atoms. The lowest BCUT2D eigenvalue weighted by atomic mass is 9.92. The van der Waals surface area contributed by atoms with E-state index in [4.69, 9.17) is 11.6 Å². The SMILES string of the molecule is CC(C)n1cc(Cl)cc1C(=O)Nc1cc(C(C)(C)C)[nH]n1. The first kappa shape index (κ1) is 15.6. The molecule has 0 aliphatic heterocycles. The Morgan fingerprint density at radius 1 is 1.38 bits per heavy atom. The molecule has 1 amide bonds. The van der Waals surface area contributed by atoms with Gasteiger partial charge in [0, 0.05) is 29.4 Å². The van der Waals surface area contributed by atoms with Crippen LogP contribution in [0.5, 0.6) is 0 Å². The molecule has 0 aliphatic rings. The number of aromatic amines is 1. The van der Waals surface area contributed by atoms with Crippen LogP contribution in [0.15, 0.2) is 18.3 Å². The average molecular weight is 309 g/mol. The highest BCUT2D eigenvalue weighted by Crippen LogP contribution is 2.23. The highest BCUT2D eigenvalue weighted by atomic mass is 35.5. The van der Waals surface area contributed by atoms with Gasteiger partial charge in [-0.15, -0.1) is 0 Å². The Hall–Kier alpha value is -1.75. The second kappa shape index (κ2) is 5.56. The van der Waals surface area contributed by atoms with E-state index in [9.17, 15) is 4.79 Å². The van der Waals surface area contributed by atoms with Crippen molar-refractivity contribution in [2.24, 2.45) is 0 Å². The lowest BCUT2D eigenvalue weighted by Crippen LogP contribution is -2.18. The normalized spacial score (nSPS) is 12.0. The Morgan fingerprint density at radius 3 is 2.57 bits per heavy atom. The number of carbonyl (C=O) groups is 1. The minimum atomic E-state index is -0.220. The van der Waals surface area contributed by atoms with Crippen LogP contribution in [-0.4, -0.2) is 20.7 Å². The first-order valence-corrected chi connectivity index (χ1v) is 7.31. The topological polar surface area (TPSA) is 62.7 Å². The van der Waals surface area contributed by atoms with Crippen LogP contribution in [0.4, 0.5) is 5.82 Å². The monoisotopic (exact) mass is 308 g/mol. The van der Waals surface area contributed by atoms with Crippen molar-refractivity contribution >= 4 is 23.3 Å². The van der Waals surface area contributed by atoms with Crippen molar-refractivity contribution in [2.75, 3.05) is 5.32 Å².